The van der Waals surface area contributed by atoms with Crippen LogP contribution in [-0.4, -0.2) is 16.1 Å². The predicted molar refractivity (Wildman–Crippen MR) is 57.1 cm³/mol. The molecule has 3 nitrogen and oxygen atoms in total. The van der Waals surface area contributed by atoms with E-state index < -0.39 is 0 Å². The molecule has 1 aromatic carbocycles. The van der Waals surface area contributed by atoms with E-state index in [0.29, 0.717) is 16.7 Å². The fourth-order valence-corrected chi connectivity index (χ4v) is 1.68. The van der Waals surface area contributed by atoms with Gasteiger partial charge >= 0.3 is 0 Å². The van der Waals surface area contributed by atoms with Crippen molar-refractivity contribution in [3.63, 3.8) is 0 Å². The summed E-state index contributed by atoms with van der Waals surface area (Å²) in [5.74, 6) is -0.0524. The minimum atomic E-state index is -0.0524. The van der Waals surface area contributed by atoms with Gasteiger partial charge in [0.25, 0.3) is 5.35 Å². The highest BCUT2D eigenvalue weighted by atomic mass is 79.9. The number of rotatable bonds is 2. The molecule has 0 saturated heterocycles. The number of fused-ring (bicyclic) bond motifs is 1. The summed E-state index contributed by atoms with van der Waals surface area (Å²) in [5, 5.41) is 0.305. The van der Waals surface area contributed by atoms with Crippen LogP contribution < -0.4 is 0 Å². The second-order valence-electron chi connectivity index (χ2n) is 2.68. The minimum Gasteiger partial charge on any atom is -0.427 e. The van der Waals surface area contributed by atoms with Gasteiger partial charge in [0, 0.05) is 0 Å². The van der Waals surface area contributed by atoms with Gasteiger partial charge in [-0.15, -0.1) is 0 Å². The molecule has 5 heteroatoms. The van der Waals surface area contributed by atoms with Crippen LogP contribution in [0.2, 0.25) is 5.35 Å². The molecule has 72 valence electrons. The van der Waals surface area contributed by atoms with E-state index in [9.17, 15) is 4.79 Å². The van der Waals surface area contributed by atoms with Crippen LogP contribution in [0.4, 0.5) is 0 Å². The Kier molecular flexibility index (Phi) is 2.56. The fraction of sp³-hybridized carbons (Fsp3) is 0.111. The summed E-state index contributed by atoms with van der Waals surface area (Å²) >= 11 is 8.70. The molecular weight excluding hydrogens is 269 g/mol. The second-order valence-corrected chi connectivity index (χ2v) is 3.56. The molecule has 0 aliphatic carbocycles. The lowest BCUT2D eigenvalue weighted by Crippen LogP contribution is -1.99. The largest absolute Gasteiger partial charge is 0.427 e. The van der Waals surface area contributed by atoms with Crippen LogP contribution in [0, 0.1) is 0 Å². The zero-order valence-electron chi connectivity index (χ0n) is 6.96. The molecule has 0 N–H and O–H groups in total. The number of nitrogens with zero attached hydrogens (tertiary/aromatic N) is 1. The third kappa shape index (κ3) is 1.55. The van der Waals surface area contributed by atoms with E-state index >= 15 is 0 Å². The lowest BCUT2D eigenvalue weighted by molar-refractivity contribution is 0.102. The first-order chi connectivity index (χ1) is 6.72. The molecule has 0 spiro atoms. The molecule has 0 unspecified atom stereocenters. The van der Waals surface area contributed by atoms with Crippen LogP contribution in [0.3, 0.4) is 0 Å². The number of oxazole rings is 1. The van der Waals surface area contributed by atoms with Crippen LogP contribution >= 0.6 is 27.5 Å². The number of carbonyl (C=O) groups is 1. The molecule has 0 aliphatic rings. The van der Waals surface area contributed by atoms with Crippen molar-refractivity contribution in [2.24, 2.45) is 0 Å². The summed E-state index contributed by atoms with van der Waals surface area (Å²) in [7, 11) is 0. The molecule has 0 radical (unpaired) electrons. The molecule has 2 aromatic rings. The standard InChI is InChI=1S/C9H5BrClNO2/c10-4-7(13)5-2-1-3-6-8(5)14-9(11)12-6/h1-3H,4H2. The topological polar surface area (TPSA) is 43.1 Å². The first-order valence-electron chi connectivity index (χ1n) is 3.86. The highest BCUT2D eigenvalue weighted by molar-refractivity contribution is 9.09. The van der Waals surface area contributed by atoms with Crippen LogP contribution in [0.1, 0.15) is 10.4 Å². The van der Waals surface area contributed by atoms with Crippen molar-refractivity contribution < 1.29 is 9.21 Å². The summed E-state index contributed by atoms with van der Waals surface area (Å²) in [6.07, 6.45) is 0. The van der Waals surface area contributed by atoms with Crippen LogP contribution in [0.5, 0.6) is 0 Å². The van der Waals surface area contributed by atoms with Gasteiger partial charge in [-0.25, -0.2) is 0 Å². The van der Waals surface area contributed by atoms with E-state index in [1.165, 1.54) is 0 Å². The molecular formula is C9H5BrClNO2. The second kappa shape index (κ2) is 3.71. The van der Waals surface area contributed by atoms with E-state index in [1.54, 1.807) is 18.2 Å². The zero-order valence-corrected chi connectivity index (χ0v) is 9.30. The lowest BCUT2D eigenvalue weighted by Gasteiger charge is -1.95. The Morgan fingerprint density at radius 2 is 2.36 bits per heavy atom. The van der Waals surface area contributed by atoms with Crippen molar-refractivity contribution in [3.05, 3.63) is 29.1 Å². The quantitative estimate of drug-likeness (QED) is 0.624. The molecule has 0 atom stereocenters. The number of aromatic nitrogens is 1. The Morgan fingerprint density at radius 1 is 1.57 bits per heavy atom. The summed E-state index contributed by atoms with van der Waals surface area (Å²) in [5.41, 5.74) is 1.54. The molecule has 1 heterocycles. The van der Waals surface area contributed by atoms with Gasteiger partial charge in [0.1, 0.15) is 5.52 Å². The van der Waals surface area contributed by atoms with E-state index in [-0.39, 0.29) is 16.5 Å². The van der Waals surface area contributed by atoms with Gasteiger partial charge in [0.2, 0.25) is 0 Å². The minimum absolute atomic E-state index is 0.0508. The van der Waals surface area contributed by atoms with Crippen LogP contribution in [0.25, 0.3) is 11.1 Å². The Balaban J connectivity index is 2.70. The van der Waals surface area contributed by atoms with Crippen molar-refractivity contribution in [1.82, 2.24) is 4.98 Å². The highest BCUT2D eigenvalue weighted by Crippen LogP contribution is 2.23. The number of alkyl halides is 1. The molecule has 0 amide bonds. The van der Waals surface area contributed by atoms with Crippen molar-refractivity contribution in [1.29, 1.82) is 0 Å². The van der Waals surface area contributed by atoms with Gasteiger partial charge in [-0.05, 0) is 23.7 Å². The maximum atomic E-state index is 11.5. The highest BCUT2D eigenvalue weighted by Gasteiger charge is 2.13. The summed E-state index contributed by atoms with van der Waals surface area (Å²) in [6.45, 7) is 0. The first kappa shape index (κ1) is 9.68. The Labute approximate surface area is 93.2 Å². The average Bonchev–Trinajstić information content (AvgIpc) is 2.56. The van der Waals surface area contributed by atoms with Gasteiger partial charge in [0.15, 0.2) is 11.4 Å². The van der Waals surface area contributed by atoms with Gasteiger partial charge in [-0.3, -0.25) is 4.79 Å². The van der Waals surface area contributed by atoms with Gasteiger partial charge in [-0.2, -0.15) is 4.98 Å². The van der Waals surface area contributed by atoms with Gasteiger partial charge in [-0.1, -0.05) is 22.0 Å². The van der Waals surface area contributed by atoms with Gasteiger partial charge in [0.05, 0.1) is 10.9 Å². The lowest BCUT2D eigenvalue weighted by atomic mass is 10.1. The fourth-order valence-electron chi connectivity index (χ4n) is 1.21. The number of para-hydroxylation sites is 1. The number of hydrogen-bond acceptors (Lipinski definition) is 3. The van der Waals surface area contributed by atoms with Crippen molar-refractivity contribution >= 4 is 44.4 Å². The smallest absolute Gasteiger partial charge is 0.293 e. The zero-order chi connectivity index (χ0) is 10.1. The Bertz CT molecular complexity index is 495. The summed E-state index contributed by atoms with van der Waals surface area (Å²) in [4.78, 5) is 15.4. The summed E-state index contributed by atoms with van der Waals surface area (Å²) in [6, 6.07) is 5.18. The molecule has 2 rings (SSSR count). The number of halogens is 2. The number of ketones is 1. The normalized spacial score (nSPS) is 10.7. The average molecular weight is 275 g/mol. The molecule has 0 bridgehead atoms. The van der Waals surface area contributed by atoms with E-state index in [1.807, 2.05) is 0 Å². The van der Waals surface area contributed by atoms with E-state index in [4.69, 9.17) is 16.0 Å². The maximum absolute atomic E-state index is 11.5. The predicted octanol–water partition coefficient (Wildman–Crippen LogP) is 3.06. The number of Topliss-reactive ketones (excluding diaryl/α,β-unsaturated/α-hetero) is 1. The number of hydrogen-bond donors (Lipinski definition) is 0. The monoisotopic (exact) mass is 273 g/mol. The Morgan fingerprint density at radius 3 is 3.07 bits per heavy atom. The molecule has 0 saturated carbocycles. The number of carbonyl (C=O) groups excluding carboxylic acids is 1. The van der Waals surface area contributed by atoms with Crippen LogP contribution in [0.15, 0.2) is 22.6 Å². The van der Waals surface area contributed by atoms with Crippen molar-refractivity contribution in [2.75, 3.05) is 5.33 Å². The van der Waals surface area contributed by atoms with Crippen molar-refractivity contribution in [2.45, 2.75) is 0 Å². The number of benzene rings is 1. The maximum Gasteiger partial charge on any atom is 0.293 e. The third-order valence-corrected chi connectivity index (χ3v) is 2.48. The van der Waals surface area contributed by atoms with Crippen LogP contribution in [-0.2, 0) is 0 Å². The Hall–Kier alpha value is -0.870. The SMILES string of the molecule is O=C(CBr)c1cccc2nc(Cl)oc12. The van der Waals surface area contributed by atoms with Crippen molar-refractivity contribution in [3.8, 4) is 0 Å². The summed E-state index contributed by atoms with van der Waals surface area (Å²) < 4.78 is 5.13. The van der Waals surface area contributed by atoms with Gasteiger partial charge < -0.3 is 4.42 Å². The molecule has 14 heavy (non-hydrogen) atoms. The molecule has 1 aromatic heterocycles. The molecule has 0 fully saturated rings. The van der Waals surface area contributed by atoms with E-state index in [0.717, 1.165) is 0 Å². The third-order valence-electron chi connectivity index (χ3n) is 1.81. The molecule has 0 aliphatic heterocycles. The van der Waals surface area contributed by atoms with E-state index in [2.05, 4.69) is 20.9 Å². The first-order valence-corrected chi connectivity index (χ1v) is 5.36.